The van der Waals surface area contributed by atoms with E-state index in [1.165, 1.54) is 4.68 Å². The number of aliphatic hydroxyl groups is 1. The van der Waals surface area contributed by atoms with Gasteiger partial charge in [0.1, 0.15) is 4.47 Å². The Labute approximate surface area is 119 Å². The van der Waals surface area contributed by atoms with Crippen molar-refractivity contribution in [3.8, 4) is 0 Å². The van der Waals surface area contributed by atoms with Gasteiger partial charge in [-0.1, -0.05) is 0 Å². The van der Waals surface area contributed by atoms with Gasteiger partial charge in [-0.3, -0.25) is 4.79 Å². The normalized spacial score (nSPS) is 17.0. The molecule has 19 heavy (non-hydrogen) atoms. The molecule has 1 aromatic heterocycles. The zero-order valence-electron chi connectivity index (χ0n) is 10.9. The molecule has 106 valence electrons. The van der Waals surface area contributed by atoms with Crippen LogP contribution in [0.25, 0.3) is 0 Å². The average Bonchev–Trinajstić information content (AvgIpc) is 2.37. The summed E-state index contributed by atoms with van der Waals surface area (Å²) in [6, 6.07) is 0. The molecule has 0 atom stereocenters. The van der Waals surface area contributed by atoms with Gasteiger partial charge in [-0.05, 0) is 35.2 Å². The summed E-state index contributed by atoms with van der Waals surface area (Å²) in [7, 11) is 1.58. The molecule has 0 aromatic carbocycles. The number of anilines is 1. The van der Waals surface area contributed by atoms with Crippen molar-refractivity contribution in [1.82, 2.24) is 9.78 Å². The first-order valence-electron chi connectivity index (χ1n) is 6.26. The van der Waals surface area contributed by atoms with Gasteiger partial charge in [0.25, 0.3) is 5.56 Å². The second kappa shape index (κ2) is 6.02. The van der Waals surface area contributed by atoms with Crippen molar-refractivity contribution in [3.05, 3.63) is 21.0 Å². The topological polar surface area (TPSA) is 76.4 Å². The zero-order chi connectivity index (χ0) is 13.9. The highest BCUT2D eigenvalue weighted by atomic mass is 79.9. The quantitative estimate of drug-likeness (QED) is 0.812. The standard InChI is InChI=1S/C12H18BrN3O3/c1-19-6-5-16-11(17)10(13)9(7-15-16)14-8-12(18)3-2-4-12/h7,14,18H,2-6,8H2,1H3. The molecule has 0 spiro atoms. The minimum atomic E-state index is -0.635. The number of nitrogens with one attached hydrogen (secondary N) is 1. The van der Waals surface area contributed by atoms with Crippen molar-refractivity contribution >= 4 is 21.6 Å². The average molecular weight is 332 g/mol. The first-order valence-corrected chi connectivity index (χ1v) is 7.06. The predicted molar refractivity (Wildman–Crippen MR) is 75.4 cm³/mol. The molecule has 1 fully saturated rings. The number of hydrogen-bond acceptors (Lipinski definition) is 5. The van der Waals surface area contributed by atoms with Gasteiger partial charge >= 0.3 is 0 Å². The van der Waals surface area contributed by atoms with E-state index in [0.29, 0.717) is 29.9 Å². The smallest absolute Gasteiger partial charge is 0.283 e. The van der Waals surface area contributed by atoms with Gasteiger partial charge < -0.3 is 15.2 Å². The molecule has 6 nitrogen and oxygen atoms in total. The van der Waals surface area contributed by atoms with Crippen molar-refractivity contribution in [2.24, 2.45) is 0 Å². The lowest BCUT2D eigenvalue weighted by Crippen LogP contribution is -2.43. The molecule has 1 aliphatic carbocycles. The summed E-state index contributed by atoms with van der Waals surface area (Å²) in [6.45, 7) is 1.29. The summed E-state index contributed by atoms with van der Waals surface area (Å²) in [5.74, 6) is 0. The van der Waals surface area contributed by atoms with Crippen LogP contribution >= 0.6 is 15.9 Å². The second-order valence-corrected chi connectivity index (χ2v) is 5.62. The zero-order valence-corrected chi connectivity index (χ0v) is 12.4. The first kappa shape index (κ1) is 14.5. The Morgan fingerprint density at radius 1 is 1.63 bits per heavy atom. The molecule has 0 amide bonds. The van der Waals surface area contributed by atoms with Crippen LogP contribution in [0.1, 0.15) is 19.3 Å². The third-order valence-corrected chi connectivity index (χ3v) is 4.15. The number of halogens is 1. The van der Waals surface area contributed by atoms with E-state index in [1.807, 2.05) is 0 Å². The lowest BCUT2D eigenvalue weighted by molar-refractivity contribution is -0.0202. The first-order chi connectivity index (χ1) is 9.06. The number of nitrogens with zero attached hydrogens (tertiary/aromatic N) is 2. The Hall–Kier alpha value is -0.920. The molecule has 0 radical (unpaired) electrons. The maximum absolute atomic E-state index is 12.0. The summed E-state index contributed by atoms with van der Waals surface area (Å²) < 4.78 is 6.70. The van der Waals surface area contributed by atoms with Crippen LogP contribution in [0.2, 0.25) is 0 Å². The molecule has 1 heterocycles. The fraction of sp³-hybridized carbons (Fsp3) is 0.667. The van der Waals surface area contributed by atoms with Crippen molar-refractivity contribution in [3.63, 3.8) is 0 Å². The SMILES string of the molecule is COCCn1ncc(NCC2(O)CCC2)c(Br)c1=O. The molecular formula is C12H18BrN3O3. The number of aromatic nitrogens is 2. The Balaban J connectivity index is 2.05. The molecule has 0 unspecified atom stereocenters. The lowest BCUT2D eigenvalue weighted by Gasteiger charge is -2.36. The van der Waals surface area contributed by atoms with Gasteiger partial charge in [0.05, 0.1) is 30.6 Å². The monoisotopic (exact) mass is 331 g/mol. The minimum absolute atomic E-state index is 0.206. The van der Waals surface area contributed by atoms with Crippen molar-refractivity contribution in [2.75, 3.05) is 25.6 Å². The van der Waals surface area contributed by atoms with E-state index in [-0.39, 0.29) is 5.56 Å². The van der Waals surface area contributed by atoms with E-state index < -0.39 is 5.60 Å². The highest BCUT2D eigenvalue weighted by Crippen LogP contribution is 2.32. The van der Waals surface area contributed by atoms with E-state index in [9.17, 15) is 9.90 Å². The molecule has 7 heteroatoms. The van der Waals surface area contributed by atoms with E-state index in [4.69, 9.17) is 4.74 Å². The van der Waals surface area contributed by atoms with Crippen LogP contribution in [0.5, 0.6) is 0 Å². The number of ether oxygens (including phenoxy) is 1. The van der Waals surface area contributed by atoms with Crippen LogP contribution in [-0.2, 0) is 11.3 Å². The molecule has 1 aromatic rings. The van der Waals surface area contributed by atoms with Gasteiger partial charge in [-0.15, -0.1) is 0 Å². The molecular weight excluding hydrogens is 314 g/mol. The fourth-order valence-electron chi connectivity index (χ4n) is 1.95. The van der Waals surface area contributed by atoms with Crippen LogP contribution in [-0.4, -0.2) is 40.7 Å². The van der Waals surface area contributed by atoms with Gasteiger partial charge in [0.15, 0.2) is 0 Å². The summed E-state index contributed by atoms with van der Waals surface area (Å²) in [4.78, 5) is 12.0. The molecule has 2 N–H and O–H groups in total. The Morgan fingerprint density at radius 3 is 2.95 bits per heavy atom. The van der Waals surface area contributed by atoms with E-state index in [1.54, 1.807) is 13.3 Å². The molecule has 0 bridgehead atoms. The van der Waals surface area contributed by atoms with Crippen LogP contribution in [0.15, 0.2) is 15.5 Å². The maximum Gasteiger partial charge on any atom is 0.283 e. The Kier molecular flexibility index (Phi) is 4.59. The molecule has 0 saturated heterocycles. The summed E-state index contributed by atoms with van der Waals surface area (Å²) in [5, 5.41) is 17.2. The number of rotatable bonds is 6. The van der Waals surface area contributed by atoms with Crippen molar-refractivity contribution in [2.45, 2.75) is 31.4 Å². The second-order valence-electron chi connectivity index (χ2n) is 4.82. The van der Waals surface area contributed by atoms with Crippen LogP contribution in [0, 0.1) is 0 Å². The summed E-state index contributed by atoms with van der Waals surface area (Å²) in [6.07, 6.45) is 4.24. The fourth-order valence-corrected chi connectivity index (χ4v) is 2.39. The molecule has 0 aliphatic heterocycles. The van der Waals surface area contributed by atoms with Gasteiger partial charge in [-0.2, -0.15) is 5.10 Å². The lowest BCUT2D eigenvalue weighted by atomic mass is 9.80. The minimum Gasteiger partial charge on any atom is -0.388 e. The molecule has 1 aliphatic rings. The summed E-state index contributed by atoms with van der Waals surface area (Å²) in [5.41, 5.74) is -0.230. The Morgan fingerprint density at radius 2 is 2.37 bits per heavy atom. The number of methoxy groups -OCH3 is 1. The predicted octanol–water partition coefficient (Wildman–Crippen LogP) is 0.979. The van der Waals surface area contributed by atoms with Crippen molar-refractivity contribution < 1.29 is 9.84 Å². The maximum atomic E-state index is 12.0. The van der Waals surface area contributed by atoms with Gasteiger partial charge in [0, 0.05) is 13.7 Å². The molecule has 1 saturated carbocycles. The van der Waals surface area contributed by atoms with Gasteiger partial charge in [-0.25, -0.2) is 4.68 Å². The largest absolute Gasteiger partial charge is 0.388 e. The third kappa shape index (κ3) is 3.34. The van der Waals surface area contributed by atoms with Gasteiger partial charge in [0.2, 0.25) is 0 Å². The highest BCUT2D eigenvalue weighted by molar-refractivity contribution is 9.10. The Bertz CT molecular complexity index is 499. The van der Waals surface area contributed by atoms with E-state index in [0.717, 1.165) is 19.3 Å². The van der Waals surface area contributed by atoms with Crippen LogP contribution in [0.3, 0.4) is 0 Å². The van der Waals surface area contributed by atoms with Crippen LogP contribution in [0.4, 0.5) is 5.69 Å². The molecule has 2 rings (SSSR count). The van der Waals surface area contributed by atoms with E-state index in [2.05, 4.69) is 26.3 Å². The highest BCUT2D eigenvalue weighted by Gasteiger charge is 2.34. The van der Waals surface area contributed by atoms with E-state index >= 15 is 0 Å². The summed E-state index contributed by atoms with van der Waals surface area (Å²) >= 11 is 3.27. The van der Waals surface area contributed by atoms with Crippen LogP contribution < -0.4 is 10.9 Å². The van der Waals surface area contributed by atoms with Crippen molar-refractivity contribution in [1.29, 1.82) is 0 Å². The third-order valence-electron chi connectivity index (χ3n) is 3.38. The number of hydrogen-bond donors (Lipinski definition) is 2.